The Morgan fingerprint density at radius 1 is 1.12 bits per heavy atom. The summed E-state index contributed by atoms with van der Waals surface area (Å²) in [5.41, 5.74) is 3.88. The Morgan fingerprint density at radius 2 is 1.84 bits per heavy atom. The molecule has 0 atom stereocenters. The number of carbonyl (C=O) groups excluding carboxylic acids is 1. The number of halogens is 3. The fourth-order valence-corrected chi connectivity index (χ4v) is 3.28. The minimum atomic E-state index is -0.415. The van der Waals surface area contributed by atoms with Crippen molar-refractivity contribution in [3.05, 3.63) is 87.1 Å². The lowest BCUT2D eigenvalue weighted by molar-refractivity contribution is -0.123. The molecule has 0 aromatic heterocycles. The highest BCUT2D eigenvalue weighted by molar-refractivity contribution is 9.10. The van der Waals surface area contributed by atoms with Crippen molar-refractivity contribution in [1.82, 2.24) is 5.43 Å². The molecule has 0 aliphatic rings. The number of ether oxygens (including phenoxy) is 3. The number of hydrogen-bond donors (Lipinski definition) is 1. The van der Waals surface area contributed by atoms with Crippen molar-refractivity contribution in [2.75, 3.05) is 13.7 Å². The molecule has 3 aromatic rings. The number of rotatable bonds is 9. The van der Waals surface area contributed by atoms with Gasteiger partial charge in [0.1, 0.15) is 18.2 Å². The van der Waals surface area contributed by atoms with Gasteiger partial charge in [-0.3, -0.25) is 4.79 Å². The minimum Gasteiger partial charge on any atom is -0.493 e. The van der Waals surface area contributed by atoms with E-state index >= 15 is 0 Å². The molecular formula is C23H19BrClFN2O4. The molecule has 3 aromatic carbocycles. The van der Waals surface area contributed by atoms with Crippen LogP contribution in [0.15, 0.2) is 70.2 Å². The Hall–Kier alpha value is -3.10. The molecule has 6 nitrogen and oxygen atoms in total. The second-order valence-corrected chi connectivity index (χ2v) is 7.78. The Labute approximate surface area is 198 Å². The number of methoxy groups -OCH3 is 1. The fraction of sp³-hybridized carbons (Fsp3) is 0.130. The van der Waals surface area contributed by atoms with Crippen LogP contribution in [0, 0.1) is 5.82 Å². The van der Waals surface area contributed by atoms with Crippen LogP contribution in [0.5, 0.6) is 17.2 Å². The molecule has 0 bridgehead atoms. The molecule has 0 saturated heterocycles. The largest absolute Gasteiger partial charge is 0.493 e. The summed E-state index contributed by atoms with van der Waals surface area (Å²) in [6, 6.07) is 16.2. The fourth-order valence-electron chi connectivity index (χ4n) is 2.58. The molecule has 0 spiro atoms. The van der Waals surface area contributed by atoms with Gasteiger partial charge in [0.15, 0.2) is 18.1 Å². The first kappa shape index (κ1) is 23.6. The number of hydrogen-bond acceptors (Lipinski definition) is 5. The summed E-state index contributed by atoms with van der Waals surface area (Å²) in [4.78, 5) is 11.9. The van der Waals surface area contributed by atoms with Gasteiger partial charge in [-0.1, -0.05) is 23.7 Å². The van der Waals surface area contributed by atoms with E-state index < -0.39 is 5.91 Å². The molecule has 3 rings (SSSR count). The van der Waals surface area contributed by atoms with Gasteiger partial charge >= 0.3 is 0 Å². The van der Waals surface area contributed by atoms with Crippen molar-refractivity contribution in [2.24, 2.45) is 5.10 Å². The quantitative estimate of drug-likeness (QED) is 0.304. The molecule has 1 amide bonds. The van der Waals surface area contributed by atoms with E-state index in [1.54, 1.807) is 48.5 Å². The highest BCUT2D eigenvalue weighted by atomic mass is 79.9. The van der Waals surface area contributed by atoms with Crippen molar-refractivity contribution < 1.29 is 23.4 Å². The zero-order valence-corrected chi connectivity index (χ0v) is 19.3. The predicted molar refractivity (Wildman–Crippen MR) is 124 cm³/mol. The Morgan fingerprint density at radius 3 is 2.53 bits per heavy atom. The highest BCUT2D eigenvalue weighted by Gasteiger charge is 2.12. The molecular weight excluding hydrogens is 503 g/mol. The van der Waals surface area contributed by atoms with Gasteiger partial charge in [0.25, 0.3) is 5.91 Å². The van der Waals surface area contributed by atoms with Crippen LogP contribution < -0.4 is 19.6 Å². The second-order valence-electron chi connectivity index (χ2n) is 6.49. The van der Waals surface area contributed by atoms with Crippen LogP contribution >= 0.6 is 27.5 Å². The molecule has 0 fully saturated rings. The summed E-state index contributed by atoms with van der Waals surface area (Å²) < 4.78 is 30.3. The van der Waals surface area contributed by atoms with E-state index in [2.05, 4.69) is 26.5 Å². The van der Waals surface area contributed by atoms with Gasteiger partial charge in [-0.2, -0.15) is 5.10 Å². The Kier molecular flexibility index (Phi) is 8.47. The van der Waals surface area contributed by atoms with E-state index in [4.69, 9.17) is 25.8 Å². The van der Waals surface area contributed by atoms with Gasteiger partial charge in [-0.15, -0.1) is 0 Å². The topological polar surface area (TPSA) is 69.2 Å². The smallest absolute Gasteiger partial charge is 0.277 e. The first-order valence-corrected chi connectivity index (χ1v) is 10.6. The summed E-state index contributed by atoms with van der Waals surface area (Å²) in [5, 5.41) is 4.52. The van der Waals surface area contributed by atoms with E-state index in [9.17, 15) is 9.18 Å². The van der Waals surface area contributed by atoms with E-state index in [0.29, 0.717) is 32.3 Å². The summed E-state index contributed by atoms with van der Waals surface area (Å²) in [5.74, 6) is 0.773. The standard InChI is InChI=1S/C23H19BrClFN2O4/c1-30-21-11-16(10-20(24)23(21)32-13-15-2-6-18(26)7-3-15)12-27-28-22(29)14-31-19-8-4-17(25)5-9-19/h2-12H,13-14H2,1H3,(H,28,29)/b27-12-. The molecule has 0 aliphatic carbocycles. The summed E-state index contributed by atoms with van der Waals surface area (Å²) in [7, 11) is 1.52. The van der Waals surface area contributed by atoms with Crippen molar-refractivity contribution in [1.29, 1.82) is 0 Å². The van der Waals surface area contributed by atoms with Gasteiger partial charge in [-0.25, -0.2) is 9.82 Å². The third kappa shape index (κ3) is 6.96. The summed E-state index contributed by atoms with van der Waals surface area (Å²) >= 11 is 9.26. The van der Waals surface area contributed by atoms with E-state index in [0.717, 1.165) is 5.56 Å². The number of nitrogens with zero attached hydrogens (tertiary/aromatic N) is 1. The summed E-state index contributed by atoms with van der Waals surface area (Å²) in [6.07, 6.45) is 1.47. The number of carbonyl (C=O) groups is 1. The third-order valence-electron chi connectivity index (χ3n) is 4.13. The van der Waals surface area contributed by atoms with Crippen LogP contribution in [-0.4, -0.2) is 25.8 Å². The molecule has 166 valence electrons. The van der Waals surface area contributed by atoms with Crippen LogP contribution in [0.3, 0.4) is 0 Å². The molecule has 9 heteroatoms. The molecule has 0 aliphatic heterocycles. The van der Waals surface area contributed by atoms with E-state index in [1.807, 2.05) is 0 Å². The molecule has 32 heavy (non-hydrogen) atoms. The summed E-state index contributed by atoms with van der Waals surface area (Å²) in [6.45, 7) is 0.0501. The van der Waals surface area contributed by atoms with Crippen LogP contribution in [0.1, 0.15) is 11.1 Å². The maximum Gasteiger partial charge on any atom is 0.277 e. The third-order valence-corrected chi connectivity index (χ3v) is 4.98. The minimum absolute atomic E-state index is 0.192. The number of hydrazone groups is 1. The van der Waals surface area contributed by atoms with Gasteiger partial charge < -0.3 is 14.2 Å². The van der Waals surface area contributed by atoms with Crippen LogP contribution in [0.2, 0.25) is 5.02 Å². The van der Waals surface area contributed by atoms with Gasteiger partial charge in [-0.05, 0) is 75.6 Å². The lowest BCUT2D eigenvalue weighted by Gasteiger charge is -2.13. The molecule has 0 saturated carbocycles. The normalized spacial score (nSPS) is 10.8. The first-order valence-electron chi connectivity index (χ1n) is 9.39. The monoisotopic (exact) mass is 520 g/mol. The molecule has 1 N–H and O–H groups in total. The van der Waals surface area contributed by atoms with Crippen LogP contribution in [0.25, 0.3) is 0 Å². The highest BCUT2D eigenvalue weighted by Crippen LogP contribution is 2.36. The van der Waals surface area contributed by atoms with Gasteiger partial charge in [0, 0.05) is 5.02 Å². The van der Waals surface area contributed by atoms with Crippen LogP contribution in [0.4, 0.5) is 4.39 Å². The van der Waals surface area contributed by atoms with Crippen molar-refractivity contribution >= 4 is 39.7 Å². The predicted octanol–water partition coefficient (Wildman–Crippen LogP) is 5.36. The van der Waals surface area contributed by atoms with Gasteiger partial charge in [0.05, 0.1) is 17.8 Å². The average Bonchev–Trinajstić information content (AvgIpc) is 2.79. The van der Waals surface area contributed by atoms with Crippen molar-refractivity contribution in [2.45, 2.75) is 6.61 Å². The second kappa shape index (κ2) is 11.5. The first-order chi connectivity index (χ1) is 15.4. The maximum atomic E-state index is 13.0. The molecule has 0 heterocycles. The molecule has 0 radical (unpaired) electrons. The zero-order chi connectivity index (χ0) is 22.9. The van der Waals surface area contributed by atoms with Crippen molar-refractivity contribution in [3.63, 3.8) is 0 Å². The Balaban J connectivity index is 1.57. The average molecular weight is 522 g/mol. The lowest BCUT2D eigenvalue weighted by Crippen LogP contribution is -2.24. The molecule has 0 unspecified atom stereocenters. The van der Waals surface area contributed by atoms with Crippen LogP contribution in [-0.2, 0) is 11.4 Å². The zero-order valence-electron chi connectivity index (χ0n) is 17.0. The van der Waals surface area contributed by atoms with E-state index in [-0.39, 0.29) is 19.0 Å². The van der Waals surface area contributed by atoms with Gasteiger partial charge in [0.2, 0.25) is 0 Å². The lowest BCUT2D eigenvalue weighted by atomic mass is 10.2. The van der Waals surface area contributed by atoms with Crippen molar-refractivity contribution in [3.8, 4) is 17.2 Å². The number of amides is 1. The maximum absolute atomic E-state index is 13.0. The SMILES string of the molecule is COc1cc(/C=N\NC(=O)COc2ccc(Cl)cc2)cc(Br)c1OCc1ccc(F)cc1. The number of nitrogens with one attached hydrogen (secondary N) is 1. The Bertz CT molecular complexity index is 1090. The van der Waals surface area contributed by atoms with E-state index in [1.165, 1.54) is 25.5 Å². The number of benzene rings is 3.